The maximum atomic E-state index is 11.5. The highest BCUT2D eigenvalue weighted by Gasteiger charge is 2.15. The summed E-state index contributed by atoms with van der Waals surface area (Å²) in [5.74, 6) is 0.443. The highest BCUT2D eigenvalue weighted by atomic mass is 16.5. The lowest BCUT2D eigenvalue weighted by molar-refractivity contribution is 0.0927. The number of methoxy groups -OCH3 is 1. The molecule has 0 aliphatic heterocycles. The van der Waals surface area contributed by atoms with E-state index in [2.05, 4.69) is 10.5 Å². The number of ether oxygens (including phenoxy) is 1. The van der Waals surface area contributed by atoms with Crippen LogP contribution in [0.1, 0.15) is 21.8 Å². The normalized spacial score (nSPS) is 10.2. The monoisotopic (exact) mass is 198 g/mol. The summed E-state index contributed by atoms with van der Waals surface area (Å²) in [6.45, 7) is 4.54. The summed E-state index contributed by atoms with van der Waals surface area (Å²) in [5, 5.41) is 6.33. The topological polar surface area (TPSA) is 64.4 Å². The van der Waals surface area contributed by atoms with E-state index in [0.29, 0.717) is 24.6 Å². The van der Waals surface area contributed by atoms with Gasteiger partial charge in [-0.05, 0) is 13.8 Å². The summed E-state index contributed by atoms with van der Waals surface area (Å²) in [7, 11) is 1.58. The minimum atomic E-state index is -0.226. The summed E-state index contributed by atoms with van der Waals surface area (Å²) in [5.41, 5.74) is 1.12. The molecule has 5 nitrogen and oxygen atoms in total. The number of aromatic nitrogens is 1. The van der Waals surface area contributed by atoms with Gasteiger partial charge in [0.25, 0.3) is 5.91 Å². The fourth-order valence-electron chi connectivity index (χ4n) is 0.980. The zero-order chi connectivity index (χ0) is 10.6. The molecule has 0 radical (unpaired) electrons. The summed E-state index contributed by atoms with van der Waals surface area (Å²) in [4.78, 5) is 11.5. The van der Waals surface area contributed by atoms with Crippen molar-refractivity contribution in [3.63, 3.8) is 0 Å². The van der Waals surface area contributed by atoms with Crippen LogP contribution < -0.4 is 5.32 Å². The van der Waals surface area contributed by atoms with Crippen molar-refractivity contribution in [1.29, 1.82) is 0 Å². The minimum absolute atomic E-state index is 0.226. The van der Waals surface area contributed by atoms with Crippen molar-refractivity contribution in [1.82, 2.24) is 10.5 Å². The standard InChI is InChI=1S/C9H14N2O3/c1-6-7(2)14-11-8(6)9(12)10-4-5-13-3/h4-5H2,1-3H3,(H,10,12). The Balaban J connectivity index is 2.56. The molecule has 0 fully saturated rings. The van der Waals surface area contributed by atoms with Gasteiger partial charge < -0.3 is 14.6 Å². The lowest BCUT2D eigenvalue weighted by Crippen LogP contribution is -2.27. The molecular weight excluding hydrogens is 184 g/mol. The van der Waals surface area contributed by atoms with Gasteiger partial charge in [-0.25, -0.2) is 0 Å². The Hall–Kier alpha value is -1.36. The van der Waals surface area contributed by atoms with Gasteiger partial charge in [0.15, 0.2) is 5.69 Å². The maximum Gasteiger partial charge on any atom is 0.273 e. The first-order valence-corrected chi connectivity index (χ1v) is 4.36. The zero-order valence-electron chi connectivity index (χ0n) is 8.59. The molecule has 0 aromatic carbocycles. The van der Waals surface area contributed by atoms with Gasteiger partial charge in [-0.1, -0.05) is 5.16 Å². The molecule has 0 unspecified atom stereocenters. The van der Waals surface area contributed by atoms with Crippen molar-refractivity contribution in [2.45, 2.75) is 13.8 Å². The van der Waals surface area contributed by atoms with E-state index < -0.39 is 0 Å². The van der Waals surface area contributed by atoms with Crippen LogP contribution in [-0.4, -0.2) is 31.3 Å². The van der Waals surface area contributed by atoms with Crippen LogP contribution in [0.2, 0.25) is 0 Å². The molecule has 1 aromatic rings. The van der Waals surface area contributed by atoms with Crippen LogP contribution in [0.15, 0.2) is 4.52 Å². The van der Waals surface area contributed by atoms with Crippen LogP contribution in [0.25, 0.3) is 0 Å². The molecule has 0 aliphatic rings. The molecular formula is C9H14N2O3. The lowest BCUT2D eigenvalue weighted by Gasteiger charge is -2.01. The fraction of sp³-hybridized carbons (Fsp3) is 0.556. The first-order valence-electron chi connectivity index (χ1n) is 4.36. The molecule has 0 aliphatic carbocycles. The van der Waals surface area contributed by atoms with Gasteiger partial charge in [0.05, 0.1) is 6.61 Å². The van der Waals surface area contributed by atoms with Gasteiger partial charge >= 0.3 is 0 Å². The van der Waals surface area contributed by atoms with E-state index in [0.717, 1.165) is 5.56 Å². The van der Waals surface area contributed by atoms with E-state index in [9.17, 15) is 4.79 Å². The number of hydrogen-bond acceptors (Lipinski definition) is 4. The molecule has 14 heavy (non-hydrogen) atoms. The Labute approximate surface area is 82.4 Å². The van der Waals surface area contributed by atoms with E-state index in [1.54, 1.807) is 21.0 Å². The third kappa shape index (κ3) is 2.32. The smallest absolute Gasteiger partial charge is 0.273 e. The van der Waals surface area contributed by atoms with Crippen molar-refractivity contribution in [3.8, 4) is 0 Å². The van der Waals surface area contributed by atoms with E-state index in [1.807, 2.05) is 0 Å². The van der Waals surface area contributed by atoms with Gasteiger partial charge in [-0.3, -0.25) is 4.79 Å². The highest BCUT2D eigenvalue weighted by Crippen LogP contribution is 2.10. The Morgan fingerprint density at radius 1 is 1.57 bits per heavy atom. The van der Waals surface area contributed by atoms with Gasteiger partial charge in [0.2, 0.25) is 0 Å². The van der Waals surface area contributed by atoms with E-state index in [4.69, 9.17) is 9.26 Å². The second kappa shape index (κ2) is 4.76. The minimum Gasteiger partial charge on any atom is -0.383 e. The molecule has 0 saturated carbocycles. The Kier molecular flexibility index (Phi) is 3.64. The SMILES string of the molecule is COCCNC(=O)c1noc(C)c1C. The van der Waals surface area contributed by atoms with Gasteiger partial charge in [-0.15, -0.1) is 0 Å². The first kappa shape index (κ1) is 10.7. The Morgan fingerprint density at radius 2 is 2.29 bits per heavy atom. The third-order valence-corrected chi connectivity index (χ3v) is 1.96. The van der Waals surface area contributed by atoms with Crippen molar-refractivity contribution in [2.24, 2.45) is 0 Å². The van der Waals surface area contributed by atoms with Crippen molar-refractivity contribution in [3.05, 3.63) is 17.0 Å². The van der Waals surface area contributed by atoms with Crippen LogP contribution in [0.3, 0.4) is 0 Å². The van der Waals surface area contributed by atoms with Crippen molar-refractivity contribution < 1.29 is 14.1 Å². The van der Waals surface area contributed by atoms with E-state index >= 15 is 0 Å². The first-order chi connectivity index (χ1) is 6.66. The van der Waals surface area contributed by atoms with Crippen molar-refractivity contribution in [2.75, 3.05) is 20.3 Å². The van der Waals surface area contributed by atoms with Gasteiger partial charge in [0.1, 0.15) is 5.76 Å². The number of amides is 1. The number of rotatable bonds is 4. The number of nitrogens with zero attached hydrogens (tertiary/aromatic N) is 1. The number of hydrogen-bond donors (Lipinski definition) is 1. The van der Waals surface area contributed by atoms with Gasteiger partial charge in [-0.2, -0.15) is 0 Å². The van der Waals surface area contributed by atoms with Gasteiger partial charge in [0, 0.05) is 19.2 Å². The lowest BCUT2D eigenvalue weighted by atomic mass is 10.2. The van der Waals surface area contributed by atoms with Crippen LogP contribution in [0, 0.1) is 13.8 Å². The number of carbonyl (C=O) groups excluding carboxylic acids is 1. The maximum absolute atomic E-state index is 11.5. The summed E-state index contributed by atoms with van der Waals surface area (Å²) in [6, 6.07) is 0. The molecule has 1 rings (SSSR count). The predicted octanol–water partition coefficient (Wildman–Crippen LogP) is 0.668. The number of aryl methyl sites for hydroxylation is 1. The summed E-state index contributed by atoms with van der Waals surface area (Å²) in [6.07, 6.45) is 0. The quantitative estimate of drug-likeness (QED) is 0.722. The van der Waals surface area contributed by atoms with Crippen LogP contribution in [0.4, 0.5) is 0 Å². The molecule has 5 heteroatoms. The second-order valence-corrected chi connectivity index (χ2v) is 2.96. The van der Waals surface area contributed by atoms with E-state index in [1.165, 1.54) is 0 Å². The molecule has 0 bridgehead atoms. The molecule has 0 atom stereocenters. The average molecular weight is 198 g/mol. The molecule has 1 heterocycles. The molecule has 1 N–H and O–H groups in total. The zero-order valence-corrected chi connectivity index (χ0v) is 8.59. The number of nitrogens with one attached hydrogen (secondary N) is 1. The molecule has 1 amide bonds. The second-order valence-electron chi connectivity index (χ2n) is 2.96. The summed E-state index contributed by atoms with van der Waals surface area (Å²) < 4.78 is 9.69. The average Bonchev–Trinajstić information content (AvgIpc) is 2.48. The molecule has 0 saturated heterocycles. The molecule has 78 valence electrons. The number of carbonyl (C=O) groups is 1. The Bertz CT molecular complexity index is 320. The fourth-order valence-corrected chi connectivity index (χ4v) is 0.980. The van der Waals surface area contributed by atoms with Crippen LogP contribution in [0.5, 0.6) is 0 Å². The molecule has 1 aromatic heterocycles. The predicted molar refractivity (Wildman–Crippen MR) is 50.2 cm³/mol. The Morgan fingerprint density at radius 3 is 2.79 bits per heavy atom. The largest absolute Gasteiger partial charge is 0.383 e. The third-order valence-electron chi connectivity index (χ3n) is 1.96. The van der Waals surface area contributed by atoms with Crippen LogP contribution in [-0.2, 0) is 4.74 Å². The van der Waals surface area contributed by atoms with Crippen LogP contribution >= 0.6 is 0 Å². The molecule has 0 spiro atoms. The highest BCUT2D eigenvalue weighted by molar-refractivity contribution is 5.93. The summed E-state index contributed by atoms with van der Waals surface area (Å²) >= 11 is 0. The van der Waals surface area contributed by atoms with Crippen molar-refractivity contribution >= 4 is 5.91 Å². The van der Waals surface area contributed by atoms with E-state index in [-0.39, 0.29) is 5.91 Å².